The topological polar surface area (TPSA) is 104 Å². The lowest BCUT2D eigenvalue weighted by molar-refractivity contribution is -0.132. The number of phenolic OH excluding ortho intramolecular Hbond substituents is 1. The van der Waals surface area contributed by atoms with Gasteiger partial charge in [-0.3, -0.25) is 14.5 Å². The molecule has 2 heterocycles. The predicted octanol–water partition coefficient (Wildman–Crippen LogP) is 3.62. The Morgan fingerprint density at radius 3 is 2.41 bits per heavy atom. The third-order valence-electron chi connectivity index (χ3n) is 4.82. The van der Waals surface area contributed by atoms with E-state index < -0.39 is 17.7 Å². The molecule has 0 bridgehead atoms. The molecule has 0 radical (unpaired) electrons. The van der Waals surface area contributed by atoms with Gasteiger partial charge in [-0.1, -0.05) is 47.1 Å². The van der Waals surface area contributed by atoms with Crippen LogP contribution in [0.1, 0.15) is 28.5 Å². The van der Waals surface area contributed by atoms with E-state index >= 15 is 0 Å². The maximum absolute atomic E-state index is 12.9. The quantitative estimate of drug-likeness (QED) is 0.402. The van der Waals surface area contributed by atoms with Crippen molar-refractivity contribution in [1.29, 1.82) is 0 Å². The summed E-state index contributed by atoms with van der Waals surface area (Å²) in [6.07, 6.45) is 0. The van der Waals surface area contributed by atoms with Crippen molar-refractivity contribution < 1.29 is 24.3 Å². The number of amides is 1. The predicted molar refractivity (Wildman–Crippen MR) is 105 cm³/mol. The molecule has 4 rings (SSSR count). The number of hydrogen-bond acceptors (Lipinski definition) is 6. The fourth-order valence-corrected chi connectivity index (χ4v) is 3.41. The summed E-state index contributed by atoms with van der Waals surface area (Å²) in [5.41, 5.74) is 1.78. The lowest BCUT2D eigenvalue weighted by Crippen LogP contribution is -2.29. The van der Waals surface area contributed by atoms with Gasteiger partial charge in [-0.05, 0) is 31.5 Å². The van der Waals surface area contributed by atoms with E-state index in [0.29, 0.717) is 16.9 Å². The highest BCUT2D eigenvalue weighted by molar-refractivity contribution is 6.51. The molecule has 0 spiro atoms. The standard InChI is InChI=1S/C22H18N2O5/c1-12-6-8-14(9-7-12)20(26)18-19(15-4-3-5-16(25)11-15)24(22(28)21(18)27)17-10-13(2)29-23-17/h3-11,19,25-26H,1-2H3. The molecule has 146 valence electrons. The first-order chi connectivity index (χ1) is 13.9. The SMILES string of the molecule is Cc1ccc(C(O)=C2C(=O)C(=O)N(c3cc(C)on3)C2c2cccc(O)c2)cc1. The number of aliphatic hydroxyl groups excluding tert-OH is 1. The van der Waals surface area contributed by atoms with E-state index in [1.54, 1.807) is 43.3 Å². The highest BCUT2D eigenvalue weighted by atomic mass is 16.5. The van der Waals surface area contributed by atoms with Crippen LogP contribution in [-0.4, -0.2) is 27.1 Å². The molecule has 1 amide bonds. The Morgan fingerprint density at radius 2 is 1.79 bits per heavy atom. The van der Waals surface area contributed by atoms with Gasteiger partial charge in [0.1, 0.15) is 17.3 Å². The summed E-state index contributed by atoms with van der Waals surface area (Å²) >= 11 is 0. The summed E-state index contributed by atoms with van der Waals surface area (Å²) in [5.74, 6) is -1.37. The van der Waals surface area contributed by atoms with E-state index in [1.807, 2.05) is 6.92 Å². The Kier molecular flexibility index (Phi) is 4.43. The molecular formula is C22H18N2O5. The molecule has 2 aromatic carbocycles. The van der Waals surface area contributed by atoms with E-state index in [4.69, 9.17) is 4.52 Å². The lowest BCUT2D eigenvalue weighted by Gasteiger charge is -2.23. The normalized spacial score (nSPS) is 18.4. The van der Waals surface area contributed by atoms with Crippen molar-refractivity contribution in [3.8, 4) is 5.75 Å². The first kappa shape index (κ1) is 18.5. The van der Waals surface area contributed by atoms with Crippen LogP contribution in [0.4, 0.5) is 5.82 Å². The Hall–Kier alpha value is -3.87. The van der Waals surface area contributed by atoms with E-state index in [-0.39, 0.29) is 22.9 Å². The van der Waals surface area contributed by atoms with Gasteiger partial charge in [0.2, 0.25) is 0 Å². The third kappa shape index (κ3) is 3.16. The number of hydrogen-bond donors (Lipinski definition) is 2. The van der Waals surface area contributed by atoms with Gasteiger partial charge >= 0.3 is 5.91 Å². The van der Waals surface area contributed by atoms with Crippen molar-refractivity contribution >= 4 is 23.3 Å². The average molecular weight is 390 g/mol. The van der Waals surface area contributed by atoms with Crippen molar-refractivity contribution in [3.05, 3.63) is 82.6 Å². The molecule has 2 N–H and O–H groups in total. The van der Waals surface area contributed by atoms with Crippen molar-refractivity contribution in [2.24, 2.45) is 0 Å². The summed E-state index contributed by atoms with van der Waals surface area (Å²) in [6, 6.07) is 13.7. The molecule has 1 aliphatic rings. The molecule has 1 saturated heterocycles. The van der Waals surface area contributed by atoms with E-state index in [9.17, 15) is 19.8 Å². The van der Waals surface area contributed by atoms with Gasteiger partial charge in [0.05, 0.1) is 11.6 Å². The Balaban J connectivity index is 1.95. The first-order valence-electron chi connectivity index (χ1n) is 8.97. The zero-order valence-corrected chi connectivity index (χ0v) is 15.8. The van der Waals surface area contributed by atoms with Gasteiger partial charge < -0.3 is 14.7 Å². The number of aromatic hydroxyl groups is 1. The van der Waals surface area contributed by atoms with Crippen LogP contribution in [0, 0.1) is 13.8 Å². The molecule has 1 fully saturated rings. The van der Waals surface area contributed by atoms with Crippen molar-refractivity contribution in [3.63, 3.8) is 0 Å². The van der Waals surface area contributed by atoms with Gasteiger partial charge in [0.15, 0.2) is 5.82 Å². The molecule has 1 aromatic heterocycles. The number of aromatic nitrogens is 1. The molecule has 7 heteroatoms. The summed E-state index contributed by atoms with van der Waals surface area (Å²) in [7, 11) is 0. The van der Waals surface area contributed by atoms with Crippen LogP contribution in [0.3, 0.4) is 0 Å². The van der Waals surface area contributed by atoms with Gasteiger partial charge in [-0.15, -0.1) is 0 Å². The molecule has 1 atom stereocenters. The molecule has 1 unspecified atom stereocenters. The summed E-state index contributed by atoms with van der Waals surface area (Å²) in [4.78, 5) is 27.0. The fraction of sp³-hybridized carbons (Fsp3) is 0.136. The second kappa shape index (κ2) is 6.94. The van der Waals surface area contributed by atoms with Crippen LogP contribution < -0.4 is 4.90 Å². The number of carbonyl (C=O) groups is 2. The second-order valence-electron chi connectivity index (χ2n) is 6.93. The highest BCUT2D eigenvalue weighted by Gasteiger charge is 2.48. The lowest BCUT2D eigenvalue weighted by atomic mass is 9.95. The van der Waals surface area contributed by atoms with Crippen LogP contribution >= 0.6 is 0 Å². The van der Waals surface area contributed by atoms with Crippen LogP contribution in [0.25, 0.3) is 5.76 Å². The number of benzene rings is 2. The van der Waals surface area contributed by atoms with E-state index in [2.05, 4.69) is 5.16 Å². The zero-order valence-electron chi connectivity index (χ0n) is 15.8. The number of ketones is 1. The van der Waals surface area contributed by atoms with E-state index in [0.717, 1.165) is 5.56 Å². The molecular weight excluding hydrogens is 372 g/mol. The number of aryl methyl sites for hydroxylation is 2. The number of rotatable bonds is 3. The van der Waals surface area contributed by atoms with Crippen LogP contribution in [0.2, 0.25) is 0 Å². The molecule has 0 aliphatic carbocycles. The second-order valence-corrected chi connectivity index (χ2v) is 6.93. The minimum atomic E-state index is -0.965. The van der Waals surface area contributed by atoms with Crippen molar-refractivity contribution in [2.45, 2.75) is 19.9 Å². The summed E-state index contributed by atoms with van der Waals surface area (Å²) in [6.45, 7) is 3.57. The van der Waals surface area contributed by atoms with Gasteiger partial charge in [-0.2, -0.15) is 0 Å². The van der Waals surface area contributed by atoms with Crippen LogP contribution in [0.15, 0.2) is 64.7 Å². The number of nitrogens with zero attached hydrogens (tertiary/aromatic N) is 2. The monoisotopic (exact) mass is 390 g/mol. The highest BCUT2D eigenvalue weighted by Crippen LogP contribution is 2.42. The minimum Gasteiger partial charge on any atom is -0.508 e. The summed E-state index contributed by atoms with van der Waals surface area (Å²) < 4.78 is 5.08. The Labute approximate surface area is 166 Å². The zero-order chi connectivity index (χ0) is 20.7. The Bertz CT molecular complexity index is 1140. The first-order valence-corrected chi connectivity index (χ1v) is 8.97. The van der Waals surface area contributed by atoms with Gasteiger partial charge in [0, 0.05) is 11.6 Å². The third-order valence-corrected chi connectivity index (χ3v) is 4.82. The van der Waals surface area contributed by atoms with Crippen LogP contribution in [-0.2, 0) is 9.59 Å². The van der Waals surface area contributed by atoms with E-state index in [1.165, 1.54) is 23.1 Å². The molecule has 29 heavy (non-hydrogen) atoms. The fourth-order valence-electron chi connectivity index (χ4n) is 3.41. The van der Waals surface area contributed by atoms with Crippen LogP contribution in [0.5, 0.6) is 5.75 Å². The molecule has 7 nitrogen and oxygen atoms in total. The molecule has 0 saturated carbocycles. The number of phenols is 1. The van der Waals surface area contributed by atoms with Gasteiger partial charge in [0.25, 0.3) is 5.78 Å². The maximum atomic E-state index is 12.9. The van der Waals surface area contributed by atoms with Crippen molar-refractivity contribution in [1.82, 2.24) is 5.16 Å². The number of carbonyl (C=O) groups excluding carboxylic acids is 2. The number of aliphatic hydroxyl groups is 1. The molecule has 3 aromatic rings. The van der Waals surface area contributed by atoms with Gasteiger partial charge in [-0.25, -0.2) is 0 Å². The number of Topliss-reactive ketones (excluding diaryl/α,β-unsaturated/α-hetero) is 1. The van der Waals surface area contributed by atoms with Crippen molar-refractivity contribution in [2.75, 3.05) is 4.90 Å². The minimum absolute atomic E-state index is 0.0280. The maximum Gasteiger partial charge on any atom is 0.301 e. The summed E-state index contributed by atoms with van der Waals surface area (Å²) in [5, 5.41) is 24.8. The number of anilines is 1. The molecule has 1 aliphatic heterocycles. The average Bonchev–Trinajstić information content (AvgIpc) is 3.23. The Morgan fingerprint density at radius 1 is 1.07 bits per heavy atom. The largest absolute Gasteiger partial charge is 0.508 e. The smallest absolute Gasteiger partial charge is 0.301 e.